The van der Waals surface area contributed by atoms with E-state index in [0.717, 1.165) is 18.0 Å². The summed E-state index contributed by atoms with van der Waals surface area (Å²) in [5.41, 5.74) is 3.61. The third-order valence-electron chi connectivity index (χ3n) is 6.56. The standard InChI is InChI=1S/C21H30N2/c1-22-17-23(19-8-4-2-5-9-19)16-20(22)18-10-14-21(15-11-18)12-6-3-7-13-21/h2,4-5,8-9,16,18H,3,6-7,10-15,17H2,1H3. The Morgan fingerprint density at radius 3 is 2.30 bits per heavy atom. The molecule has 1 aromatic rings. The first kappa shape index (κ1) is 15.1. The molecular formula is C21H30N2. The number of benzene rings is 1. The normalized spacial score (nSPS) is 25.0. The zero-order valence-corrected chi connectivity index (χ0v) is 14.5. The molecule has 2 aliphatic carbocycles. The summed E-state index contributed by atoms with van der Waals surface area (Å²) >= 11 is 0. The van der Waals surface area contributed by atoms with Crippen LogP contribution in [0.4, 0.5) is 5.69 Å². The van der Waals surface area contributed by atoms with E-state index in [2.05, 4.69) is 53.4 Å². The van der Waals surface area contributed by atoms with Gasteiger partial charge in [-0.05, 0) is 56.1 Å². The average Bonchev–Trinajstić information content (AvgIpc) is 2.99. The third-order valence-corrected chi connectivity index (χ3v) is 6.56. The molecular weight excluding hydrogens is 280 g/mol. The highest BCUT2D eigenvalue weighted by Crippen LogP contribution is 2.50. The Bertz CT molecular complexity index is 546. The first-order chi connectivity index (χ1) is 11.3. The maximum Gasteiger partial charge on any atom is 0.0941 e. The van der Waals surface area contributed by atoms with Crippen LogP contribution in [0.3, 0.4) is 0 Å². The van der Waals surface area contributed by atoms with Crippen molar-refractivity contribution in [3.63, 3.8) is 0 Å². The van der Waals surface area contributed by atoms with Gasteiger partial charge in [0.15, 0.2) is 0 Å². The Kier molecular flexibility index (Phi) is 4.09. The van der Waals surface area contributed by atoms with Crippen LogP contribution >= 0.6 is 0 Å². The van der Waals surface area contributed by atoms with Gasteiger partial charge in [0.05, 0.1) is 6.67 Å². The number of para-hydroxylation sites is 1. The largest absolute Gasteiger partial charge is 0.358 e. The summed E-state index contributed by atoms with van der Waals surface area (Å²) in [5, 5.41) is 0. The molecule has 0 aromatic heterocycles. The van der Waals surface area contributed by atoms with Gasteiger partial charge in [-0.15, -0.1) is 0 Å². The maximum atomic E-state index is 2.47. The van der Waals surface area contributed by atoms with E-state index in [4.69, 9.17) is 0 Å². The third kappa shape index (κ3) is 3.00. The zero-order valence-electron chi connectivity index (χ0n) is 14.5. The summed E-state index contributed by atoms with van der Waals surface area (Å²) in [5.74, 6) is 0.779. The second-order valence-electron chi connectivity index (χ2n) is 8.03. The minimum Gasteiger partial charge on any atom is -0.358 e. The maximum absolute atomic E-state index is 2.47. The molecule has 124 valence electrons. The molecule has 2 heteroatoms. The number of rotatable bonds is 2. The highest BCUT2D eigenvalue weighted by molar-refractivity contribution is 5.51. The van der Waals surface area contributed by atoms with Crippen molar-refractivity contribution in [3.05, 3.63) is 42.2 Å². The molecule has 0 radical (unpaired) electrons. The number of anilines is 1. The van der Waals surface area contributed by atoms with Gasteiger partial charge < -0.3 is 9.80 Å². The second kappa shape index (κ2) is 6.22. The summed E-state index contributed by atoms with van der Waals surface area (Å²) in [6.45, 7) is 1.00. The Morgan fingerprint density at radius 2 is 1.61 bits per heavy atom. The van der Waals surface area contributed by atoms with E-state index in [1.165, 1.54) is 63.5 Å². The molecule has 2 nitrogen and oxygen atoms in total. The summed E-state index contributed by atoms with van der Waals surface area (Å²) in [4.78, 5) is 4.87. The topological polar surface area (TPSA) is 6.48 Å². The minimum absolute atomic E-state index is 0.728. The highest BCUT2D eigenvalue weighted by atomic mass is 15.3. The fourth-order valence-corrected chi connectivity index (χ4v) is 5.13. The molecule has 0 saturated heterocycles. The van der Waals surface area contributed by atoms with Crippen LogP contribution < -0.4 is 4.90 Å². The lowest BCUT2D eigenvalue weighted by Crippen LogP contribution is -2.32. The lowest BCUT2D eigenvalue weighted by atomic mass is 9.63. The van der Waals surface area contributed by atoms with Gasteiger partial charge >= 0.3 is 0 Å². The van der Waals surface area contributed by atoms with Crippen LogP contribution in [0, 0.1) is 11.3 Å². The van der Waals surface area contributed by atoms with Crippen molar-refractivity contribution in [2.75, 3.05) is 18.6 Å². The molecule has 1 aromatic carbocycles. The smallest absolute Gasteiger partial charge is 0.0941 e. The van der Waals surface area contributed by atoms with E-state index in [-0.39, 0.29) is 0 Å². The predicted molar refractivity (Wildman–Crippen MR) is 97.1 cm³/mol. The number of hydrogen-bond donors (Lipinski definition) is 0. The van der Waals surface area contributed by atoms with Gasteiger partial charge in [0, 0.05) is 30.5 Å². The molecule has 0 unspecified atom stereocenters. The van der Waals surface area contributed by atoms with Crippen LogP contribution in [0.2, 0.25) is 0 Å². The summed E-state index contributed by atoms with van der Waals surface area (Å²) in [6.07, 6.45) is 15.6. The Balaban J connectivity index is 1.44. The van der Waals surface area contributed by atoms with Gasteiger partial charge in [0.1, 0.15) is 0 Å². The molecule has 1 aliphatic heterocycles. The molecule has 1 heterocycles. The van der Waals surface area contributed by atoms with Gasteiger partial charge in [-0.3, -0.25) is 0 Å². The minimum atomic E-state index is 0.728. The zero-order chi connectivity index (χ0) is 15.7. The van der Waals surface area contributed by atoms with Crippen LogP contribution in [0.5, 0.6) is 0 Å². The molecule has 4 rings (SSSR count). The molecule has 23 heavy (non-hydrogen) atoms. The van der Waals surface area contributed by atoms with Crippen LogP contribution in [-0.2, 0) is 0 Å². The Hall–Kier alpha value is -1.44. The fraction of sp³-hybridized carbons (Fsp3) is 0.619. The molecule has 0 bridgehead atoms. The van der Waals surface area contributed by atoms with Crippen molar-refractivity contribution in [2.24, 2.45) is 11.3 Å². The number of allylic oxidation sites excluding steroid dienone is 1. The Labute approximate surface area is 141 Å². The monoisotopic (exact) mass is 310 g/mol. The van der Waals surface area contributed by atoms with E-state index in [1.54, 1.807) is 5.70 Å². The van der Waals surface area contributed by atoms with Crippen LogP contribution in [-0.4, -0.2) is 18.6 Å². The number of nitrogens with zero attached hydrogens (tertiary/aromatic N) is 2. The van der Waals surface area contributed by atoms with Crippen molar-refractivity contribution >= 4 is 5.69 Å². The van der Waals surface area contributed by atoms with E-state index < -0.39 is 0 Å². The highest BCUT2D eigenvalue weighted by Gasteiger charge is 2.38. The molecule has 1 spiro atoms. The molecule has 0 atom stereocenters. The van der Waals surface area contributed by atoms with E-state index in [1.807, 2.05) is 0 Å². The number of hydrogen-bond acceptors (Lipinski definition) is 2. The van der Waals surface area contributed by atoms with Gasteiger partial charge in [0.2, 0.25) is 0 Å². The first-order valence-electron chi connectivity index (χ1n) is 9.50. The van der Waals surface area contributed by atoms with Crippen LogP contribution in [0.25, 0.3) is 0 Å². The summed E-state index contributed by atoms with van der Waals surface area (Å²) < 4.78 is 0. The van der Waals surface area contributed by atoms with E-state index >= 15 is 0 Å². The molecule has 0 amide bonds. The fourth-order valence-electron chi connectivity index (χ4n) is 5.13. The predicted octanol–water partition coefficient (Wildman–Crippen LogP) is 5.38. The lowest BCUT2D eigenvalue weighted by Gasteiger charge is -2.43. The van der Waals surface area contributed by atoms with Crippen LogP contribution in [0.1, 0.15) is 57.8 Å². The molecule has 0 N–H and O–H groups in total. The van der Waals surface area contributed by atoms with Gasteiger partial charge in [-0.2, -0.15) is 0 Å². The van der Waals surface area contributed by atoms with Crippen molar-refractivity contribution in [2.45, 2.75) is 57.8 Å². The van der Waals surface area contributed by atoms with Gasteiger partial charge in [-0.25, -0.2) is 0 Å². The van der Waals surface area contributed by atoms with Gasteiger partial charge in [-0.1, -0.05) is 37.5 Å². The second-order valence-corrected chi connectivity index (χ2v) is 8.03. The van der Waals surface area contributed by atoms with Crippen molar-refractivity contribution in [3.8, 4) is 0 Å². The SMILES string of the molecule is CN1CN(c2ccccc2)C=C1C1CCC2(CCCCC2)CC1. The van der Waals surface area contributed by atoms with E-state index in [0.29, 0.717) is 0 Å². The summed E-state index contributed by atoms with van der Waals surface area (Å²) in [6, 6.07) is 10.8. The lowest BCUT2D eigenvalue weighted by molar-refractivity contribution is 0.0998. The van der Waals surface area contributed by atoms with Gasteiger partial charge in [0.25, 0.3) is 0 Å². The van der Waals surface area contributed by atoms with Crippen molar-refractivity contribution in [1.82, 2.24) is 4.90 Å². The Morgan fingerprint density at radius 1 is 0.913 bits per heavy atom. The van der Waals surface area contributed by atoms with Crippen LogP contribution in [0.15, 0.2) is 42.2 Å². The first-order valence-corrected chi connectivity index (χ1v) is 9.50. The molecule has 3 aliphatic rings. The summed E-state index contributed by atoms with van der Waals surface area (Å²) in [7, 11) is 2.26. The van der Waals surface area contributed by atoms with E-state index in [9.17, 15) is 0 Å². The molecule has 2 fully saturated rings. The molecule has 2 saturated carbocycles. The van der Waals surface area contributed by atoms with Crippen molar-refractivity contribution in [1.29, 1.82) is 0 Å². The quantitative estimate of drug-likeness (QED) is 0.724. The average molecular weight is 310 g/mol. The van der Waals surface area contributed by atoms with Crippen molar-refractivity contribution < 1.29 is 0 Å².